The first-order chi connectivity index (χ1) is 20.6. The second-order valence-corrected chi connectivity index (χ2v) is 10.2. The second-order valence-electron chi connectivity index (χ2n) is 10.2. The van der Waals surface area contributed by atoms with Crippen LogP contribution in [0.15, 0.2) is 54.6 Å². The average molecular weight is 579 g/mol. The Kier molecular flexibility index (Phi) is 17.3. The molecule has 0 aliphatic rings. The van der Waals surface area contributed by atoms with Gasteiger partial charge >= 0.3 is 5.97 Å². The number of methoxy groups -OCH3 is 4. The fourth-order valence-electron chi connectivity index (χ4n) is 4.52. The minimum Gasteiger partial charge on any atom is -0.493 e. The zero-order chi connectivity index (χ0) is 30.4. The van der Waals surface area contributed by atoms with Gasteiger partial charge in [-0.3, -0.25) is 4.79 Å². The van der Waals surface area contributed by atoms with Gasteiger partial charge in [0.05, 0.1) is 28.4 Å². The van der Waals surface area contributed by atoms with Crippen molar-refractivity contribution in [1.82, 2.24) is 0 Å². The van der Waals surface area contributed by atoms with Gasteiger partial charge in [0.15, 0.2) is 23.0 Å². The number of hydrogen-bond acceptors (Lipinski definition) is 6. The third kappa shape index (κ3) is 12.9. The highest BCUT2D eigenvalue weighted by atomic mass is 16.6. The SMILES string of the molecule is CCCCC/C=C\C/C=C\CCCCCCCC(=O)Oc1cc(/C=C\c2cc(OC)c(OC)c(OC)c2)ccc1OC. The zero-order valence-electron chi connectivity index (χ0n) is 26.3. The van der Waals surface area contributed by atoms with E-state index in [0.717, 1.165) is 43.2 Å². The van der Waals surface area contributed by atoms with Gasteiger partial charge in [0.2, 0.25) is 5.75 Å². The molecule has 0 N–H and O–H groups in total. The zero-order valence-corrected chi connectivity index (χ0v) is 26.3. The summed E-state index contributed by atoms with van der Waals surface area (Å²) in [5, 5.41) is 0. The maximum absolute atomic E-state index is 12.6. The molecule has 0 heterocycles. The molecule has 0 saturated carbocycles. The first-order valence-electron chi connectivity index (χ1n) is 15.2. The lowest BCUT2D eigenvalue weighted by molar-refractivity contribution is -0.134. The van der Waals surface area contributed by atoms with Crippen LogP contribution in [0.1, 0.15) is 95.1 Å². The van der Waals surface area contributed by atoms with Crippen molar-refractivity contribution in [3.8, 4) is 28.7 Å². The van der Waals surface area contributed by atoms with E-state index in [1.165, 1.54) is 38.5 Å². The standard InChI is InChI=1S/C36H50O6/c1-6-7-8-9-10-11-12-13-14-15-16-17-18-19-20-21-35(37)42-32-26-29(24-25-31(32)38-2)22-23-30-27-33(39-3)36(41-5)34(28-30)40-4/h10-11,13-14,22-28H,6-9,12,15-21H2,1-5H3/b11-10-,14-13-,23-22-. The number of hydrogen-bond donors (Lipinski definition) is 0. The monoisotopic (exact) mass is 578 g/mol. The molecular formula is C36H50O6. The molecule has 42 heavy (non-hydrogen) atoms. The van der Waals surface area contributed by atoms with Crippen LogP contribution in [-0.4, -0.2) is 34.4 Å². The Balaban J connectivity index is 1.76. The van der Waals surface area contributed by atoms with Gasteiger partial charge < -0.3 is 23.7 Å². The molecule has 2 aromatic carbocycles. The number of carbonyl (C=O) groups excluding carboxylic acids is 1. The Hall–Kier alpha value is -3.67. The van der Waals surface area contributed by atoms with Crippen LogP contribution in [0.3, 0.4) is 0 Å². The number of ether oxygens (including phenoxy) is 5. The van der Waals surface area contributed by atoms with Crippen LogP contribution in [0.2, 0.25) is 0 Å². The minimum atomic E-state index is -0.246. The molecule has 0 unspecified atom stereocenters. The topological polar surface area (TPSA) is 63.2 Å². The van der Waals surface area contributed by atoms with E-state index in [9.17, 15) is 4.79 Å². The van der Waals surface area contributed by atoms with E-state index in [-0.39, 0.29) is 5.97 Å². The number of unbranched alkanes of at least 4 members (excludes halogenated alkanes) is 8. The van der Waals surface area contributed by atoms with Gasteiger partial charge in [-0.05, 0) is 73.9 Å². The smallest absolute Gasteiger partial charge is 0.311 e. The molecule has 0 atom stereocenters. The fraction of sp³-hybridized carbons (Fsp3) is 0.472. The molecule has 0 amide bonds. The third-order valence-electron chi connectivity index (χ3n) is 6.90. The maximum atomic E-state index is 12.6. The highest BCUT2D eigenvalue weighted by Gasteiger charge is 2.13. The van der Waals surface area contributed by atoms with E-state index in [2.05, 4.69) is 31.2 Å². The first-order valence-corrected chi connectivity index (χ1v) is 15.2. The molecule has 6 nitrogen and oxygen atoms in total. The molecule has 0 saturated heterocycles. The lowest BCUT2D eigenvalue weighted by Crippen LogP contribution is -2.08. The second kappa shape index (κ2) is 21.1. The van der Waals surface area contributed by atoms with E-state index in [0.29, 0.717) is 35.2 Å². The first kappa shape index (κ1) is 34.5. The van der Waals surface area contributed by atoms with Crippen molar-refractivity contribution in [1.29, 1.82) is 0 Å². The molecule has 2 aromatic rings. The molecule has 0 aliphatic carbocycles. The summed E-state index contributed by atoms with van der Waals surface area (Å²) in [5.41, 5.74) is 1.74. The number of carbonyl (C=O) groups is 1. The Bertz CT molecular complexity index is 1120. The molecule has 0 fully saturated rings. The molecule has 0 radical (unpaired) electrons. The van der Waals surface area contributed by atoms with E-state index in [1.54, 1.807) is 40.6 Å². The van der Waals surface area contributed by atoms with Gasteiger partial charge in [-0.15, -0.1) is 0 Å². The van der Waals surface area contributed by atoms with Crippen LogP contribution >= 0.6 is 0 Å². The van der Waals surface area contributed by atoms with Crippen LogP contribution in [0.5, 0.6) is 28.7 Å². The molecule has 6 heteroatoms. The van der Waals surface area contributed by atoms with Crippen LogP contribution < -0.4 is 23.7 Å². The van der Waals surface area contributed by atoms with Gasteiger partial charge in [0.25, 0.3) is 0 Å². The predicted octanol–water partition coefficient (Wildman–Crippen LogP) is 9.61. The highest BCUT2D eigenvalue weighted by Crippen LogP contribution is 2.39. The number of esters is 1. The average Bonchev–Trinajstić information content (AvgIpc) is 3.01. The maximum Gasteiger partial charge on any atom is 0.311 e. The quantitative estimate of drug-likeness (QED) is 0.0483. The Morgan fingerprint density at radius 2 is 1.19 bits per heavy atom. The van der Waals surface area contributed by atoms with Crippen LogP contribution in [0, 0.1) is 0 Å². The highest BCUT2D eigenvalue weighted by molar-refractivity contribution is 5.76. The largest absolute Gasteiger partial charge is 0.493 e. The van der Waals surface area contributed by atoms with Gasteiger partial charge in [0, 0.05) is 6.42 Å². The van der Waals surface area contributed by atoms with Crippen molar-refractivity contribution in [2.24, 2.45) is 0 Å². The van der Waals surface area contributed by atoms with Crippen molar-refractivity contribution in [2.75, 3.05) is 28.4 Å². The summed E-state index contributed by atoms with van der Waals surface area (Å²) in [7, 11) is 6.32. The lowest BCUT2D eigenvalue weighted by atomic mass is 10.1. The van der Waals surface area contributed by atoms with E-state index >= 15 is 0 Å². The fourth-order valence-corrected chi connectivity index (χ4v) is 4.52. The normalized spacial score (nSPS) is 11.5. The molecule has 0 bridgehead atoms. The van der Waals surface area contributed by atoms with Crippen LogP contribution in [-0.2, 0) is 4.79 Å². The number of rotatable bonds is 21. The summed E-state index contributed by atoms with van der Waals surface area (Å²) < 4.78 is 27.4. The number of allylic oxidation sites excluding steroid dienone is 4. The van der Waals surface area contributed by atoms with Crippen LogP contribution in [0.4, 0.5) is 0 Å². The van der Waals surface area contributed by atoms with Gasteiger partial charge in [-0.25, -0.2) is 0 Å². The summed E-state index contributed by atoms with van der Waals surface area (Å²) in [6.07, 6.45) is 26.0. The van der Waals surface area contributed by atoms with E-state index < -0.39 is 0 Å². The molecule has 0 spiro atoms. The van der Waals surface area contributed by atoms with E-state index in [1.807, 2.05) is 30.4 Å². The molecule has 0 aliphatic heterocycles. The molecular weight excluding hydrogens is 528 g/mol. The Morgan fingerprint density at radius 3 is 1.81 bits per heavy atom. The summed E-state index contributed by atoms with van der Waals surface area (Å²) >= 11 is 0. The van der Waals surface area contributed by atoms with Crippen molar-refractivity contribution in [3.05, 3.63) is 65.8 Å². The summed E-state index contributed by atoms with van der Waals surface area (Å²) in [4.78, 5) is 12.6. The van der Waals surface area contributed by atoms with Crippen molar-refractivity contribution < 1.29 is 28.5 Å². The lowest BCUT2D eigenvalue weighted by Gasteiger charge is -2.13. The summed E-state index contributed by atoms with van der Waals surface area (Å²) in [6, 6.07) is 9.25. The molecule has 230 valence electrons. The van der Waals surface area contributed by atoms with Crippen molar-refractivity contribution in [2.45, 2.75) is 84.0 Å². The van der Waals surface area contributed by atoms with Crippen LogP contribution in [0.25, 0.3) is 12.2 Å². The van der Waals surface area contributed by atoms with Crippen molar-refractivity contribution >= 4 is 18.1 Å². The third-order valence-corrected chi connectivity index (χ3v) is 6.90. The van der Waals surface area contributed by atoms with Gasteiger partial charge in [-0.2, -0.15) is 0 Å². The van der Waals surface area contributed by atoms with Crippen molar-refractivity contribution in [3.63, 3.8) is 0 Å². The number of benzene rings is 2. The minimum absolute atomic E-state index is 0.246. The summed E-state index contributed by atoms with van der Waals surface area (Å²) in [6.45, 7) is 2.24. The molecule has 0 aromatic heterocycles. The Morgan fingerprint density at radius 1 is 0.619 bits per heavy atom. The van der Waals surface area contributed by atoms with Gasteiger partial charge in [-0.1, -0.05) is 81.6 Å². The Labute approximate surface area is 253 Å². The molecule has 2 rings (SSSR count). The predicted molar refractivity (Wildman–Crippen MR) is 173 cm³/mol. The van der Waals surface area contributed by atoms with E-state index in [4.69, 9.17) is 23.7 Å². The van der Waals surface area contributed by atoms with Gasteiger partial charge in [0.1, 0.15) is 0 Å². The summed E-state index contributed by atoms with van der Waals surface area (Å²) in [5.74, 6) is 2.39.